The number of hydrazine groups is 1. The molecule has 176 valence electrons. The van der Waals surface area contributed by atoms with Crippen LogP contribution in [0.4, 0.5) is 4.79 Å². The van der Waals surface area contributed by atoms with E-state index in [4.69, 9.17) is 20.9 Å². The zero-order valence-electron chi connectivity index (χ0n) is 17.3. The number of urea groups is 1. The van der Waals surface area contributed by atoms with Crippen LogP contribution in [0.15, 0.2) is 24.3 Å². The molecular formula is C18H25N5O8S. The highest BCUT2D eigenvalue weighted by Gasteiger charge is 2.50. The van der Waals surface area contributed by atoms with E-state index >= 15 is 0 Å². The van der Waals surface area contributed by atoms with Crippen LogP contribution in [0.5, 0.6) is 5.75 Å². The minimum absolute atomic E-state index is 0.00430. The number of hydrogen-bond acceptors (Lipinski definition) is 9. The first kappa shape index (κ1) is 23.9. The lowest BCUT2D eigenvalue weighted by Crippen LogP contribution is -2.55. The van der Waals surface area contributed by atoms with Crippen molar-refractivity contribution in [1.29, 1.82) is 0 Å². The van der Waals surface area contributed by atoms with Crippen molar-refractivity contribution in [2.24, 2.45) is 11.6 Å². The fraction of sp³-hybridized carbons (Fsp3) is 0.500. The molecule has 2 aliphatic heterocycles. The highest BCUT2D eigenvalue weighted by Crippen LogP contribution is 2.31. The monoisotopic (exact) mass is 471 g/mol. The molecule has 1 aromatic rings. The highest BCUT2D eigenvalue weighted by atomic mass is 32.3. The van der Waals surface area contributed by atoms with Gasteiger partial charge in [-0.2, -0.15) is 13.5 Å². The summed E-state index contributed by atoms with van der Waals surface area (Å²) in [6.45, 7) is 2.14. The standard InChI is InChI=1S/C18H25N5O8S/c1-11(19)10-30-14-5-2-12(3-6-14)8-16(24)22(20)17(25)15-7-4-13-9-21(15)18(26)23(13)31-32(27,28)29/h2-3,5-6,11,13,15H,4,7-10,19-20H2,1H3,(H,27,28,29)/t11-,13-,15+/m1/s1. The molecule has 2 saturated heterocycles. The second-order valence-corrected chi connectivity index (χ2v) is 8.73. The van der Waals surface area contributed by atoms with Crippen LogP contribution in [-0.2, 0) is 30.7 Å². The van der Waals surface area contributed by atoms with Crippen molar-refractivity contribution in [1.82, 2.24) is 15.0 Å². The van der Waals surface area contributed by atoms with Gasteiger partial charge in [-0.3, -0.25) is 14.1 Å². The van der Waals surface area contributed by atoms with E-state index in [2.05, 4.69) is 4.28 Å². The molecule has 32 heavy (non-hydrogen) atoms. The summed E-state index contributed by atoms with van der Waals surface area (Å²) >= 11 is 0. The van der Waals surface area contributed by atoms with Gasteiger partial charge in [0.15, 0.2) is 0 Å². The quantitative estimate of drug-likeness (QED) is 0.187. The first-order chi connectivity index (χ1) is 15.0. The lowest BCUT2D eigenvalue weighted by Gasteiger charge is -2.31. The second kappa shape index (κ2) is 9.38. The minimum Gasteiger partial charge on any atom is -0.492 e. The van der Waals surface area contributed by atoms with Crippen LogP contribution in [-0.4, -0.2) is 77.1 Å². The fourth-order valence-electron chi connectivity index (χ4n) is 3.56. The number of piperidine rings is 1. The average Bonchev–Trinajstić information content (AvgIpc) is 2.95. The first-order valence-electron chi connectivity index (χ1n) is 9.82. The maximum atomic E-state index is 12.8. The molecule has 4 amide bonds. The molecule has 0 unspecified atom stereocenters. The molecule has 0 aliphatic carbocycles. The average molecular weight is 471 g/mol. The molecule has 2 aliphatic rings. The molecule has 0 aromatic heterocycles. The van der Waals surface area contributed by atoms with Gasteiger partial charge in [0, 0.05) is 12.6 Å². The molecule has 0 radical (unpaired) electrons. The third kappa shape index (κ3) is 5.52. The smallest absolute Gasteiger partial charge is 0.418 e. The van der Waals surface area contributed by atoms with E-state index in [1.807, 2.05) is 0 Å². The van der Waals surface area contributed by atoms with Gasteiger partial charge in [0.25, 0.3) is 5.91 Å². The Balaban J connectivity index is 1.60. The largest absolute Gasteiger partial charge is 0.492 e. The second-order valence-electron chi connectivity index (χ2n) is 7.72. The van der Waals surface area contributed by atoms with Crippen molar-refractivity contribution in [2.75, 3.05) is 13.2 Å². The molecule has 2 bridgehead atoms. The van der Waals surface area contributed by atoms with E-state index in [0.717, 1.165) is 4.90 Å². The number of fused-ring (bicyclic) bond motifs is 2. The molecule has 3 atom stereocenters. The lowest BCUT2D eigenvalue weighted by atomic mass is 10.00. The summed E-state index contributed by atoms with van der Waals surface area (Å²) in [5.41, 5.74) is 6.23. The van der Waals surface area contributed by atoms with Crippen LogP contribution < -0.4 is 16.3 Å². The normalized spacial score (nSPS) is 21.4. The molecule has 0 spiro atoms. The summed E-state index contributed by atoms with van der Waals surface area (Å²) < 4.78 is 40.5. The van der Waals surface area contributed by atoms with E-state index in [9.17, 15) is 22.8 Å². The molecule has 5 N–H and O–H groups in total. The first-order valence-corrected chi connectivity index (χ1v) is 11.2. The van der Waals surface area contributed by atoms with Crippen molar-refractivity contribution >= 4 is 28.2 Å². The number of nitrogens with two attached hydrogens (primary N) is 2. The summed E-state index contributed by atoms with van der Waals surface area (Å²) in [5.74, 6) is 4.84. The van der Waals surface area contributed by atoms with Gasteiger partial charge in [-0.15, -0.1) is 4.28 Å². The fourth-order valence-corrected chi connectivity index (χ4v) is 3.95. The van der Waals surface area contributed by atoms with Gasteiger partial charge in [-0.25, -0.2) is 15.6 Å². The van der Waals surface area contributed by atoms with Crippen molar-refractivity contribution in [3.63, 3.8) is 0 Å². The molecule has 13 nitrogen and oxygen atoms in total. The zero-order valence-corrected chi connectivity index (χ0v) is 18.1. The van der Waals surface area contributed by atoms with Gasteiger partial charge in [0.05, 0.1) is 12.5 Å². The number of hydrogen-bond donors (Lipinski definition) is 3. The van der Waals surface area contributed by atoms with Crippen molar-refractivity contribution in [2.45, 2.75) is 44.3 Å². The number of hydroxylamine groups is 2. The molecule has 14 heteroatoms. The number of imide groups is 1. The SMILES string of the molecule is C[C@@H](N)COc1ccc(CC(=O)N(N)C(=O)[C@@H]2CC[C@@H]3CN2C(=O)N3OS(=O)(=O)O)cc1. The van der Waals surface area contributed by atoms with Gasteiger partial charge in [-0.1, -0.05) is 12.1 Å². The predicted molar refractivity (Wildman–Crippen MR) is 109 cm³/mol. The Morgan fingerprint density at radius 3 is 2.53 bits per heavy atom. The number of rotatable bonds is 8. The summed E-state index contributed by atoms with van der Waals surface area (Å²) in [4.78, 5) is 38.8. The molecule has 2 fully saturated rings. The molecule has 2 heterocycles. The Morgan fingerprint density at radius 2 is 1.94 bits per heavy atom. The minimum atomic E-state index is -4.90. The van der Waals surface area contributed by atoms with E-state index in [-0.39, 0.29) is 31.8 Å². The van der Waals surface area contributed by atoms with E-state index in [0.29, 0.717) is 28.0 Å². The number of ether oxygens (including phenoxy) is 1. The van der Waals surface area contributed by atoms with Gasteiger partial charge < -0.3 is 15.4 Å². The lowest BCUT2D eigenvalue weighted by molar-refractivity contribution is -0.148. The molecular weight excluding hydrogens is 446 g/mol. The summed E-state index contributed by atoms with van der Waals surface area (Å²) in [6.07, 6.45) is 0.212. The van der Waals surface area contributed by atoms with Crippen LogP contribution in [0.3, 0.4) is 0 Å². The Hall–Kier alpha value is -2.78. The van der Waals surface area contributed by atoms with Gasteiger partial charge in [0.1, 0.15) is 18.4 Å². The van der Waals surface area contributed by atoms with Crippen LogP contribution in [0.25, 0.3) is 0 Å². The van der Waals surface area contributed by atoms with Crippen LogP contribution in [0.2, 0.25) is 0 Å². The van der Waals surface area contributed by atoms with Crippen molar-refractivity contribution in [3.8, 4) is 5.75 Å². The van der Waals surface area contributed by atoms with E-state index < -0.39 is 40.3 Å². The predicted octanol–water partition coefficient (Wildman–Crippen LogP) is -0.813. The Morgan fingerprint density at radius 1 is 1.28 bits per heavy atom. The Labute approximate surface area is 184 Å². The Bertz CT molecular complexity index is 984. The molecule has 3 rings (SSSR count). The summed E-state index contributed by atoms with van der Waals surface area (Å²) in [7, 11) is -4.90. The van der Waals surface area contributed by atoms with Gasteiger partial charge in [0.2, 0.25) is 5.91 Å². The van der Waals surface area contributed by atoms with Gasteiger partial charge in [-0.05, 0) is 37.5 Å². The van der Waals surface area contributed by atoms with Crippen molar-refractivity contribution in [3.05, 3.63) is 29.8 Å². The summed E-state index contributed by atoms with van der Waals surface area (Å²) in [6, 6.07) is 3.90. The molecule has 0 saturated carbocycles. The summed E-state index contributed by atoms with van der Waals surface area (Å²) in [5, 5.41) is 0.978. The van der Waals surface area contributed by atoms with E-state index in [1.54, 1.807) is 31.2 Å². The number of nitrogens with zero attached hydrogens (tertiary/aromatic N) is 3. The van der Waals surface area contributed by atoms with Crippen LogP contribution in [0.1, 0.15) is 25.3 Å². The number of carbonyl (C=O) groups excluding carboxylic acids is 3. The van der Waals surface area contributed by atoms with Gasteiger partial charge >= 0.3 is 16.4 Å². The Kier molecular flexibility index (Phi) is 7.00. The number of benzene rings is 1. The third-order valence-corrected chi connectivity index (χ3v) is 5.43. The van der Waals surface area contributed by atoms with E-state index in [1.165, 1.54) is 0 Å². The number of carbonyl (C=O) groups is 3. The van der Waals surface area contributed by atoms with Crippen molar-refractivity contribution < 1.29 is 36.4 Å². The zero-order chi connectivity index (χ0) is 23.6. The number of amides is 4. The maximum absolute atomic E-state index is 12.8. The van der Waals surface area contributed by atoms with Crippen LogP contribution in [0, 0.1) is 0 Å². The topological polar surface area (TPSA) is 186 Å². The molecule has 1 aromatic carbocycles. The highest BCUT2D eigenvalue weighted by molar-refractivity contribution is 7.80. The third-order valence-electron chi connectivity index (χ3n) is 5.08. The van der Waals surface area contributed by atoms with Crippen LogP contribution >= 0.6 is 0 Å². The maximum Gasteiger partial charge on any atom is 0.418 e.